The first-order chi connectivity index (χ1) is 19.0. The quantitative estimate of drug-likeness (QED) is 0.307. The van der Waals surface area contributed by atoms with Crippen molar-refractivity contribution in [1.82, 2.24) is 29.5 Å². The first-order valence-electron chi connectivity index (χ1n) is 12.0. The van der Waals surface area contributed by atoms with E-state index in [-0.39, 0.29) is 40.3 Å². The van der Waals surface area contributed by atoms with Gasteiger partial charge in [-0.1, -0.05) is 24.3 Å². The Morgan fingerprint density at radius 1 is 1.00 bits per heavy atom. The van der Waals surface area contributed by atoms with E-state index < -0.39 is 29.6 Å². The molecular formula is C26H23F5N6O3. The summed E-state index contributed by atoms with van der Waals surface area (Å²) in [5.74, 6) is -0.0418. The Bertz CT molecular complexity index is 1540. The minimum absolute atomic E-state index is 0.0369. The molecule has 3 aromatic heterocycles. The fourth-order valence-electron chi connectivity index (χ4n) is 4.44. The van der Waals surface area contributed by atoms with E-state index in [4.69, 9.17) is 9.47 Å². The third-order valence-electron chi connectivity index (χ3n) is 6.62. The highest BCUT2D eigenvalue weighted by Gasteiger charge is 2.46. The lowest BCUT2D eigenvalue weighted by Crippen LogP contribution is -2.37. The molecule has 0 aliphatic heterocycles. The van der Waals surface area contributed by atoms with E-state index in [9.17, 15) is 27.1 Å². The molecule has 1 unspecified atom stereocenters. The Morgan fingerprint density at radius 2 is 1.70 bits per heavy atom. The molecule has 1 N–H and O–H groups in total. The number of aliphatic hydroxyl groups is 1. The fourth-order valence-corrected chi connectivity index (χ4v) is 4.44. The molecule has 40 heavy (non-hydrogen) atoms. The van der Waals surface area contributed by atoms with Crippen molar-refractivity contribution >= 4 is 0 Å². The van der Waals surface area contributed by atoms with Crippen LogP contribution in [0.1, 0.15) is 41.4 Å². The molecule has 0 radical (unpaired) electrons. The molecule has 1 saturated carbocycles. The van der Waals surface area contributed by atoms with Crippen molar-refractivity contribution in [3.63, 3.8) is 0 Å². The standard InChI is InChI=1S/C26H23F5N6O3/c1-37-11-17(26(29,30)31)35-22(37)14-6-8-15(9-7-14)25(38,24(27)28)20-16(39-2)10-32-21(36-20)18-19(13-4-5-13)33-12-34-23(18)40-3/h6-13,24,38H,4-5H2,1-3H3. The van der Waals surface area contributed by atoms with Crippen LogP contribution in [-0.4, -0.2) is 55.2 Å². The lowest BCUT2D eigenvalue weighted by Gasteiger charge is -2.29. The molecule has 0 spiro atoms. The van der Waals surface area contributed by atoms with Crippen LogP contribution in [0.2, 0.25) is 0 Å². The average molecular weight is 562 g/mol. The van der Waals surface area contributed by atoms with Crippen LogP contribution in [0.4, 0.5) is 22.0 Å². The van der Waals surface area contributed by atoms with Crippen molar-refractivity contribution < 1.29 is 36.5 Å². The number of benzene rings is 1. The van der Waals surface area contributed by atoms with Crippen molar-refractivity contribution in [3.8, 4) is 34.4 Å². The van der Waals surface area contributed by atoms with Gasteiger partial charge < -0.3 is 19.1 Å². The molecule has 0 amide bonds. The van der Waals surface area contributed by atoms with E-state index >= 15 is 0 Å². The van der Waals surface area contributed by atoms with Crippen LogP contribution >= 0.6 is 0 Å². The highest BCUT2D eigenvalue weighted by Crippen LogP contribution is 2.46. The zero-order chi connectivity index (χ0) is 28.8. The number of alkyl halides is 5. The predicted molar refractivity (Wildman–Crippen MR) is 131 cm³/mol. The molecule has 4 aromatic rings. The molecule has 9 nitrogen and oxygen atoms in total. The Balaban J connectivity index is 1.61. The molecule has 5 rings (SSSR count). The lowest BCUT2D eigenvalue weighted by atomic mass is 9.89. The zero-order valence-corrected chi connectivity index (χ0v) is 21.4. The number of hydrogen-bond acceptors (Lipinski definition) is 8. The fraction of sp³-hybridized carbons (Fsp3) is 0.346. The minimum Gasteiger partial charge on any atom is -0.493 e. The average Bonchev–Trinajstić information content (AvgIpc) is 3.71. The Kier molecular flexibility index (Phi) is 6.90. The van der Waals surface area contributed by atoms with E-state index in [2.05, 4.69) is 24.9 Å². The number of aromatic nitrogens is 6. The Morgan fingerprint density at radius 3 is 2.25 bits per heavy atom. The largest absolute Gasteiger partial charge is 0.493 e. The maximum Gasteiger partial charge on any atom is 0.434 e. The van der Waals surface area contributed by atoms with Crippen LogP contribution in [0, 0.1) is 0 Å². The van der Waals surface area contributed by atoms with Crippen LogP contribution in [0.3, 0.4) is 0 Å². The summed E-state index contributed by atoms with van der Waals surface area (Å²) in [6.45, 7) is 0. The van der Waals surface area contributed by atoms with Gasteiger partial charge in [0.25, 0.3) is 6.43 Å². The van der Waals surface area contributed by atoms with Gasteiger partial charge in [-0.05, 0) is 18.4 Å². The smallest absolute Gasteiger partial charge is 0.434 e. The summed E-state index contributed by atoms with van der Waals surface area (Å²) < 4.78 is 80.6. The van der Waals surface area contributed by atoms with Gasteiger partial charge in [0, 0.05) is 24.7 Å². The highest BCUT2D eigenvalue weighted by atomic mass is 19.4. The second kappa shape index (κ2) is 10.1. The molecule has 1 fully saturated rings. The number of rotatable bonds is 8. The molecular weight excluding hydrogens is 539 g/mol. The number of methoxy groups -OCH3 is 2. The SMILES string of the molecule is COc1cnc(-c2c(OC)ncnc2C2CC2)nc1C(O)(c1ccc(-c2nc(C(F)(F)F)cn2C)cc1)C(F)F. The van der Waals surface area contributed by atoms with Gasteiger partial charge in [-0.15, -0.1) is 0 Å². The summed E-state index contributed by atoms with van der Waals surface area (Å²) in [5, 5.41) is 11.5. The van der Waals surface area contributed by atoms with E-state index in [1.54, 1.807) is 0 Å². The summed E-state index contributed by atoms with van der Waals surface area (Å²) >= 11 is 0. The van der Waals surface area contributed by atoms with E-state index in [1.807, 2.05) is 0 Å². The van der Waals surface area contributed by atoms with Gasteiger partial charge in [0.15, 0.2) is 22.9 Å². The van der Waals surface area contributed by atoms with Gasteiger partial charge in [-0.25, -0.2) is 33.7 Å². The molecule has 0 bridgehead atoms. The first kappa shape index (κ1) is 27.4. The number of imidazole rings is 1. The summed E-state index contributed by atoms with van der Waals surface area (Å²) in [6.07, 6.45) is -3.00. The van der Waals surface area contributed by atoms with Gasteiger partial charge in [-0.2, -0.15) is 13.2 Å². The van der Waals surface area contributed by atoms with E-state index in [0.717, 1.165) is 25.2 Å². The van der Waals surface area contributed by atoms with Crippen LogP contribution in [0.15, 0.2) is 43.0 Å². The number of ether oxygens (including phenoxy) is 2. The minimum atomic E-state index is -4.65. The summed E-state index contributed by atoms with van der Waals surface area (Å²) in [5.41, 5.74) is -3.75. The summed E-state index contributed by atoms with van der Waals surface area (Å²) in [7, 11) is 3.99. The molecule has 1 aromatic carbocycles. The number of halogens is 5. The monoisotopic (exact) mass is 562 g/mol. The third-order valence-corrected chi connectivity index (χ3v) is 6.62. The third kappa shape index (κ3) is 4.72. The summed E-state index contributed by atoms with van der Waals surface area (Å²) in [6, 6.07) is 4.93. The highest BCUT2D eigenvalue weighted by molar-refractivity contribution is 5.67. The van der Waals surface area contributed by atoms with Crippen molar-refractivity contribution in [1.29, 1.82) is 0 Å². The van der Waals surface area contributed by atoms with Crippen LogP contribution in [0.5, 0.6) is 11.6 Å². The zero-order valence-electron chi connectivity index (χ0n) is 21.4. The molecule has 14 heteroatoms. The predicted octanol–water partition coefficient (Wildman–Crippen LogP) is 4.75. The number of nitrogens with zero attached hydrogens (tertiary/aromatic N) is 6. The lowest BCUT2D eigenvalue weighted by molar-refractivity contribution is -0.140. The van der Waals surface area contributed by atoms with Gasteiger partial charge >= 0.3 is 6.18 Å². The number of aryl methyl sites for hydroxylation is 1. The normalized spacial score (nSPS) is 15.2. The van der Waals surface area contributed by atoms with Crippen LogP contribution in [-0.2, 0) is 18.8 Å². The Hall–Kier alpha value is -4.20. The molecule has 1 aliphatic carbocycles. The van der Waals surface area contributed by atoms with Crippen LogP contribution < -0.4 is 9.47 Å². The van der Waals surface area contributed by atoms with Crippen molar-refractivity contribution in [2.45, 2.75) is 37.0 Å². The molecule has 3 heterocycles. The Labute approximate surface area is 224 Å². The van der Waals surface area contributed by atoms with E-state index in [0.29, 0.717) is 11.3 Å². The van der Waals surface area contributed by atoms with E-state index in [1.165, 1.54) is 56.4 Å². The molecule has 1 atom stereocenters. The van der Waals surface area contributed by atoms with Gasteiger partial charge in [0.2, 0.25) is 5.88 Å². The van der Waals surface area contributed by atoms with Crippen LogP contribution in [0.25, 0.3) is 22.8 Å². The maximum atomic E-state index is 14.7. The molecule has 0 saturated heterocycles. The topological polar surface area (TPSA) is 108 Å². The van der Waals surface area contributed by atoms with Crippen molar-refractivity contribution in [2.24, 2.45) is 7.05 Å². The number of hydrogen-bond donors (Lipinski definition) is 1. The maximum absolute atomic E-state index is 14.7. The van der Waals surface area contributed by atoms with Crippen molar-refractivity contribution in [3.05, 3.63) is 65.6 Å². The van der Waals surface area contributed by atoms with Gasteiger partial charge in [0.1, 0.15) is 23.4 Å². The van der Waals surface area contributed by atoms with Gasteiger partial charge in [0.05, 0.1) is 26.1 Å². The second-order valence-corrected chi connectivity index (χ2v) is 9.23. The second-order valence-electron chi connectivity index (χ2n) is 9.23. The van der Waals surface area contributed by atoms with Crippen molar-refractivity contribution in [2.75, 3.05) is 14.2 Å². The first-order valence-corrected chi connectivity index (χ1v) is 12.0. The summed E-state index contributed by atoms with van der Waals surface area (Å²) in [4.78, 5) is 20.6. The molecule has 210 valence electrons. The molecule has 1 aliphatic rings. The van der Waals surface area contributed by atoms with Gasteiger partial charge in [-0.3, -0.25) is 0 Å².